The average Bonchev–Trinajstić information content (AvgIpc) is 2.81. The lowest BCUT2D eigenvalue weighted by Gasteiger charge is -2.43. The first-order valence-electron chi connectivity index (χ1n) is 7.66. The lowest BCUT2D eigenvalue weighted by Crippen LogP contribution is -2.39. The van der Waals surface area contributed by atoms with Gasteiger partial charge in [0.2, 0.25) is 0 Å². The molecule has 2 aliphatic carbocycles. The molecule has 2 heteroatoms. The van der Waals surface area contributed by atoms with Crippen LogP contribution in [-0.4, -0.2) is 23.4 Å². The highest BCUT2D eigenvalue weighted by Crippen LogP contribution is 2.52. The van der Waals surface area contributed by atoms with Gasteiger partial charge in [0, 0.05) is 7.11 Å². The minimum Gasteiger partial charge on any atom is -0.390 e. The van der Waals surface area contributed by atoms with Gasteiger partial charge in [0.25, 0.3) is 0 Å². The monoisotopic (exact) mass is 254 g/mol. The van der Waals surface area contributed by atoms with Crippen LogP contribution in [0, 0.1) is 5.41 Å². The van der Waals surface area contributed by atoms with Crippen LogP contribution in [0.1, 0.15) is 78.1 Å². The summed E-state index contributed by atoms with van der Waals surface area (Å²) in [5.41, 5.74) is 0.102. The van der Waals surface area contributed by atoms with Crippen LogP contribution in [0.15, 0.2) is 0 Å². The Kier molecular flexibility index (Phi) is 4.08. The standard InChI is InChI=1S/C16H30O2/c1-14(2,18-3)8-11-16(17)12-9-15(10-13-16)6-4-5-7-15/h17H,4-13H2,1-3H3. The predicted octanol–water partition coefficient (Wildman–Crippen LogP) is 4.06. The van der Waals surface area contributed by atoms with Crippen molar-refractivity contribution < 1.29 is 9.84 Å². The molecule has 0 radical (unpaired) electrons. The molecule has 2 nitrogen and oxygen atoms in total. The molecule has 0 aliphatic heterocycles. The van der Waals surface area contributed by atoms with E-state index in [0.29, 0.717) is 5.41 Å². The molecule has 0 amide bonds. The number of hydrogen-bond acceptors (Lipinski definition) is 2. The second-order valence-corrected chi connectivity index (χ2v) is 7.40. The molecule has 0 bridgehead atoms. The molecule has 0 atom stereocenters. The molecule has 0 unspecified atom stereocenters. The van der Waals surface area contributed by atoms with Crippen molar-refractivity contribution in [3.8, 4) is 0 Å². The van der Waals surface area contributed by atoms with Gasteiger partial charge in [0.15, 0.2) is 0 Å². The molecule has 1 N–H and O–H groups in total. The second-order valence-electron chi connectivity index (χ2n) is 7.40. The molecule has 0 heterocycles. The number of rotatable bonds is 4. The molecule has 0 aromatic carbocycles. The first-order chi connectivity index (χ1) is 8.39. The fourth-order valence-corrected chi connectivity index (χ4v) is 3.76. The summed E-state index contributed by atoms with van der Waals surface area (Å²) >= 11 is 0. The maximum atomic E-state index is 10.7. The van der Waals surface area contributed by atoms with E-state index in [0.717, 1.165) is 25.7 Å². The molecule has 1 spiro atoms. The van der Waals surface area contributed by atoms with Crippen molar-refractivity contribution in [2.24, 2.45) is 5.41 Å². The zero-order valence-electron chi connectivity index (χ0n) is 12.4. The molecule has 106 valence electrons. The molecule has 0 saturated heterocycles. The summed E-state index contributed by atoms with van der Waals surface area (Å²) in [6, 6.07) is 0. The summed E-state index contributed by atoms with van der Waals surface area (Å²) in [7, 11) is 1.76. The number of methoxy groups -OCH3 is 1. The Morgan fingerprint density at radius 2 is 1.56 bits per heavy atom. The van der Waals surface area contributed by atoms with Gasteiger partial charge in [-0.05, 0) is 70.6 Å². The zero-order valence-corrected chi connectivity index (χ0v) is 12.4. The lowest BCUT2D eigenvalue weighted by atomic mass is 9.66. The minimum absolute atomic E-state index is 0.0990. The third-order valence-corrected chi connectivity index (χ3v) is 5.65. The van der Waals surface area contributed by atoms with E-state index < -0.39 is 5.60 Å². The molecule has 2 rings (SSSR count). The Morgan fingerprint density at radius 3 is 2.06 bits per heavy atom. The van der Waals surface area contributed by atoms with Gasteiger partial charge in [-0.3, -0.25) is 0 Å². The SMILES string of the molecule is COC(C)(C)CCC1(O)CCC2(CCCC2)CC1. The molecular formula is C16H30O2. The van der Waals surface area contributed by atoms with Crippen LogP contribution < -0.4 is 0 Å². The summed E-state index contributed by atoms with van der Waals surface area (Å²) < 4.78 is 5.46. The van der Waals surface area contributed by atoms with E-state index in [1.807, 2.05) is 0 Å². The molecule has 2 aliphatic rings. The Morgan fingerprint density at radius 1 is 1.00 bits per heavy atom. The van der Waals surface area contributed by atoms with Crippen LogP contribution >= 0.6 is 0 Å². The second kappa shape index (κ2) is 5.13. The fraction of sp³-hybridized carbons (Fsp3) is 1.00. The average molecular weight is 254 g/mol. The number of hydrogen-bond donors (Lipinski definition) is 1. The molecule has 0 aromatic rings. The van der Waals surface area contributed by atoms with Gasteiger partial charge in [-0.1, -0.05) is 12.8 Å². The highest BCUT2D eigenvalue weighted by molar-refractivity contribution is 4.95. The Hall–Kier alpha value is -0.0800. The van der Waals surface area contributed by atoms with Crippen molar-refractivity contribution in [3.05, 3.63) is 0 Å². The van der Waals surface area contributed by atoms with Crippen molar-refractivity contribution in [1.82, 2.24) is 0 Å². The van der Waals surface area contributed by atoms with Gasteiger partial charge in [-0.25, -0.2) is 0 Å². The van der Waals surface area contributed by atoms with Crippen LogP contribution in [0.2, 0.25) is 0 Å². The smallest absolute Gasteiger partial charge is 0.0649 e. The first-order valence-corrected chi connectivity index (χ1v) is 7.66. The Labute approximate surface area is 112 Å². The van der Waals surface area contributed by atoms with Crippen molar-refractivity contribution in [1.29, 1.82) is 0 Å². The van der Waals surface area contributed by atoms with E-state index in [2.05, 4.69) is 13.8 Å². The largest absolute Gasteiger partial charge is 0.390 e. The van der Waals surface area contributed by atoms with Crippen LogP contribution in [0.25, 0.3) is 0 Å². The van der Waals surface area contributed by atoms with Gasteiger partial charge in [-0.15, -0.1) is 0 Å². The maximum absolute atomic E-state index is 10.7. The van der Waals surface area contributed by atoms with Crippen molar-refractivity contribution in [2.75, 3.05) is 7.11 Å². The third-order valence-electron chi connectivity index (χ3n) is 5.65. The van der Waals surface area contributed by atoms with E-state index in [4.69, 9.17) is 4.74 Å². The topological polar surface area (TPSA) is 29.5 Å². The molecule has 2 fully saturated rings. The van der Waals surface area contributed by atoms with Crippen LogP contribution in [0.5, 0.6) is 0 Å². The molecule has 2 saturated carbocycles. The van der Waals surface area contributed by atoms with Crippen molar-refractivity contribution in [2.45, 2.75) is 89.3 Å². The quantitative estimate of drug-likeness (QED) is 0.820. The summed E-state index contributed by atoms with van der Waals surface area (Å²) in [6.07, 6.45) is 12.0. The molecule has 18 heavy (non-hydrogen) atoms. The molecule has 0 aromatic heterocycles. The highest BCUT2D eigenvalue weighted by atomic mass is 16.5. The number of aliphatic hydroxyl groups is 1. The van der Waals surface area contributed by atoms with E-state index >= 15 is 0 Å². The molecular weight excluding hydrogens is 224 g/mol. The summed E-state index contributed by atoms with van der Waals surface area (Å²) in [5, 5.41) is 10.7. The highest BCUT2D eigenvalue weighted by Gasteiger charge is 2.43. The van der Waals surface area contributed by atoms with E-state index in [1.54, 1.807) is 7.11 Å². The van der Waals surface area contributed by atoms with Crippen molar-refractivity contribution >= 4 is 0 Å². The van der Waals surface area contributed by atoms with Gasteiger partial charge in [-0.2, -0.15) is 0 Å². The van der Waals surface area contributed by atoms with Gasteiger partial charge >= 0.3 is 0 Å². The first kappa shape index (κ1) is 14.3. The van der Waals surface area contributed by atoms with Gasteiger partial charge < -0.3 is 9.84 Å². The zero-order chi connectivity index (χ0) is 13.3. The normalized spacial score (nSPS) is 26.7. The minimum atomic E-state index is -0.413. The van der Waals surface area contributed by atoms with E-state index in [9.17, 15) is 5.11 Å². The Balaban J connectivity index is 1.83. The number of ether oxygens (including phenoxy) is 1. The van der Waals surface area contributed by atoms with Crippen molar-refractivity contribution in [3.63, 3.8) is 0 Å². The van der Waals surface area contributed by atoms with Crippen LogP contribution in [0.4, 0.5) is 0 Å². The maximum Gasteiger partial charge on any atom is 0.0649 e. The van der Waals surface area contributed by atoms with Crippen LogP contribution in [0.3, 0.4) is 0 Å². The predicted molar refractivity (Wildman–Crippen MR) is 74.6 cm³/mol. The lowest BCUT2D eigenvalue weighted by molar-refractivity contribution is -0.0627. The fourth-order valence-electron chi connectivity index (χ4n) is 3.76. The van der Waals surface area contributed by atoms with Gasteiger partial charge in [0.05, 0.1) is 11.2 Å². The van der Waals surface area contributed by atoms with Crippen LogP contribution in [-0.2, 0) is 4.74 Å². The third kappa shape index (κ3) is 3.27. The summed E-state index contributed by atoms with van der Waals surface area (Å²) in [6.45, 7) is 4.22. The van der Waals surface area contributed by atoms with E-state index in [1.165, 1.54) is 38.5 Å². The Bertz CT molecular complexity index is 267. The van der Waals surface area contributed by atoms with Gasteiger partial charge in [0.1, 0.15) is 0 Å². The van der Waals surface area contributed by atoms with E-state index in [-0.39, 0.29) is 5.60 Å². The summed E-state index contributed by atoms with van der Waals surface area (Å²) in [5.74, 6) is 0. The summed E-state index contributed by atoms with van der Waals surface area (Å²) in [4.78, 5) is 0.